The molecular weight excluding hydrogens is 230 g/mol. The Hall–Kier alpha value is -2.04. The van der Waals surface area contributed by atoms with Gasteiger partial charge >= 0.3 is 5.97 Å². The number of aromatic nitrogens is 2. The Kier molecular flexibility index (Phi) is 3.82. The number of imidazole rings is 1. The van der Waals surface area contributed by atoms with Crippen molar-refractivity contribution in [3.63, 3.8) is 0 Å². The number of nitrogens with one attached hydrogen (secondary N) is 2. The van der Waals surface area contributed by atoms with Crippen LogP contribution in [0, 0.1) is 0 Å². The zero-order valence-corrected chi connectivity index (χ0v) is 10.6. The van der Waals surface area contributed by atoms with Gasteiger partial charge in [-0.1, -0.05) is 13.0 Å². The highest BCUT2D eigenvalue weighted by atomic mass is 16.5. The largest absolute Gasteiger partial charge is 0.462 e. The third-order valence-corrected chi connectivity index (χ3v) is 2.55. The first-order chi connectivity index (χ1) is 8.76. The van der Waals surface area contributed by atoms with Crippen LogP contribution in [0.1, 0.15) is 30.6 Å². The van der Waals surface area contributed by atoms with Gasteiger partial charge < -0.3 is 15.0 Å². The number of anilines is 1. The van der Waals surface area contributed by atoms with E-state index in [1.54, 1.807) is 13.0 Å². The Morgan fingerprint density at radius 3 is 3.00 bits per heavy atom. The third kappa shape index (κ3) is 2.45. The van der Waals surface area contributed by atoms with Gasteiger partial charge in [0.25, 0.3) is 0 Å². The molecule has 2 rings (SSSR count). The predicted octanol–water partition coefficient (Wildman–Crippen LogP) is 2.56. The lowest BCUT2D eigenvalue weighted by atomic mass is 10.2. The fraction of sp³-hybridized carbons (Fsp3) is 0.385. The van der Waals surface area contributed by atoms with Gasteiger partial charge in [-0.15, -0.1) is 0 Å². The van der Waals surface area contributed by atoms with E-state index >= 15 is 0 Å². The highest BCUT2D eigenvalue weighted by Gasteiger charge is 2.14. The topological polar surface area (TPSA) is 67.0 Å². The van der Waals surface area contributed by atoms with Gasteiger partial charge in [0.15, 0.2) is 0 Å². The maximum absolute atomic E-state index is 11.8. The number of hydrogen-bond donors (Lipinski definition) is 2. The summed E-state index contributed by atoms with van der Waals surface area (Å²) in [5.41, 5.74) is 1.98. The number of benzene rings is 1. The molecule has 1 heterocycles. The van der Waals surface area contributed by atoms with E-state index in [1.807, 2.05) is 12.1 Å². The lowest BCUT2D eigenvalue weighted by Crippen LogP contribution is -2.05. The second-order valence-corrected chi connectivity index (χ2v) is 3.93. The molecule has 0 aliphatic carbocycles. The second-order valence-electron chi connectivity index (χ2n) is 3.93. The molecule has 0 saturated heterocycles. The Labute approximate surface area is 106 Å². The molecule has 0 saturated carbocycles. The van der Waals surface area contributed by atoms with Crippen molar-refractivity contribution in [2.24, 2.45) is 0 Å². The maximum Gasteiger partial charge on any atom is 0.340 e. The average Bonchev–Trinajstić information content (AvgIpc) is 2.79. The number of ether oxygens (including phenoxy) is 1. The van der Waals surface area contributed by atoms with Crippen LogP contribution in [-0.4, -0.2) is 29.1 Å². The minimum Gasteiger partial charge on any atom is -0.462 e. The molecule has 18 heavy (non-hydrogen) atoms. The number of fused-ring (bicyclic) bond motifs is 1. The van der Waals surface area contributed by atoms with Crippen molar-refractivity contribution in [2.45, 2.75) is 20.3 Å². The first-order valence-corrected chi connectivity index (χ1v) is 6.16. The van der Waals surface area contributed by atoms with Crippen molar-refractivity contribution >= 4 is 23.0 Å². The summed E-state index contributed by atoms with van der Waals surface area (Å²) < 4.78 is 5.01. The molecular formula is C13H17N3O2. The molecule has 0 amide bonds. The fourth-order valence-electron chi connectivity index (χ4n) is 1.73. The van der Waals surface area contributed by atoms with Gasteiger partial charge in [-0.2, -0.15) is 0 Å². The van der Waals surface area contributed by atoms with Crippen LogP contribution in [0.4, 0.5) is 5.95 Å². The van der Waals surface area contributed by atoms with E-state index in [2.05, 4.69) is 22.2 Å². The van der Waals surface area contributed by atoms with Crippen molar-refractivity contribution in [1.29, 1.82) is 0 Å². The zero-order valence-electron chi connectivity index (χ0n) is 10.6. The third-order valence-electron chi connectivity index (χ3n) is 2.55. The zero-order chi connectivity index (χ0) is 13.0. The molecule has 0 atom stereocenters. The minimum atomic E-state index is -0.336. The molecule has 2 N–H and O–H groups in total. The quantitative estimate of drug-likeness (QED) is 0.797. The van der Waals surface area contributed by atoms with Crippen LogP contribution in [0.3, 0.4) is 0 Å². The van der Waals surface area contributed by atoms with E-state index in [1.165, 1.54) is 0 Å². The molecule has 0 fully saturated rings. The van der Waals surface area contributed by atoms with Crippen LogP contribution in [0.15, 0.2) is 18.2 Å². The van der Waals surface area contributed by atoms with Gasteiger partial charge in [-0.25, -0.2) is 9.78 Å². The molecule has 5 nitrogen and oxygen atoms in total. The smallest absolute Gasteiger partial charge is 0.340 e. The number of carbonyl (C=O) groups excluding carboxylic acids is 1. The lowest BCUT2D eigenvalue weighted by Gasteiger charge is -2.01. The van der Waals surface area contributed by atoms with E-state index in [0.717, 1.165) is 18.5 Å². The summed E-state index contributed by atoms with van der Waals surface area (Å²) in [6.45, 7) is 5.08. The van der Waals surface area contributed by atoms with Crippen LogP contribution in [-0.2, 0) is 4.74 Å². The normalized spacial score (nSPS) is 10.6. The number of nitrogens with zero attached hydrogens (tertiary/aromatic N) is 1. The average molecular weight is 247 g/mol. The number of H-pyrrole nitrogens is 1. The Morgan fingerprint density at radius 1 is 1.44 bits per heavy atom. The number of aromatic amines is 1. The molecule has 0 spiro atoms. The van der Waals surface area contributed by atoms with E-state index in [9.17, 15) is 4.79 Å². The number of para-hydroxylation sites is 1. The fourth-order valence-corrected chi connectivity index (χ4v) is 1.73. The lowest BCUT2D eigenvalue weighted by molar-refractivity contribution is 0.0528. The number of rotatable bonds is 5. The van der Waals surface area contributed by atoms with E-state index in [-0.39, 0.29) is 5.97 Å². The van der Waals surface area contributed by atoms with E-state index in [4.69, 9.17) is 4.74 Å². The monoisotopic (exact) mass is 247 g/mol. The van der Waals surface area contributed by atoms with Crippen LogP contribution in [0.5, 0.6) is 0 Å². The number of esters is 1. The maximum atomic E-state index is 11.8. The summed E-state index contributed by atoms with van der Waals surface area (Å²) in [5.74, 6) is 0.347. The molecule has 0 aliphatic heterocycles. The molecule has 5 heteroatoms. The highest BCUT2D eigenvalue weighted by molar-refractivity contribution is 6.02. The summed E-state index contributed by atoms with van der Waals surface area (Å²) >= 11 is 0. The highest BCUT2D eigenvalue weighted by Crippen LogP contribution is 2.19. The predicted molar refractivity (Wildman–Crippen MR) is 70.8 cm³/mol. The second kappa shape index (κ2) is 5.53. The first kappa shape index (κ1) is 12.4. The van der Waals surface area contributed by atoms with Gasteiger partial charge in [-0.3, -0.25) is 0 Å². The van der Waals surface area contributed by atoms with Crippen molar-refractivity contribution < 1.29 is 9.53 Å². The SMILES string of the molecule is CCCNc1nc2c(C(=O)OCC)cccc2[nH]1. The summed E-state index contributed by atoms with van der Waals surface area (Å²) in [7, 11) is 0. The van der Waals surface area contributed by atoms with Gasteiger partial charge in [0.05, 0.1) is 17.7 Å². The van der Waals surface area contributed by atoms with E-state index in [0.29, 0.717) is 23.6 Å². The molecule has 96 valence electrons. The van der Waals surface area contributed by atoms with Gasteiger partial charge in [0, 0.05) is 6.54 Å². The number of hydrogen-bond acceptors (Lipinski definition) is 4. The van der Waals surface area contributed by atoms with E-state index < -0.39 is 0 Å². The van der Waals surface area contributed by atoms with Gasteiger partial charge in [0.2, 0.25) is 5.95 Å². The first-order valence-electron chi connectivity index (χ1n) is 6.16. The standard InChI is InChI=1S/C13H17N3O2/c1-3-8-14-13-15-10-7-5-6-9(11(10)16-13)12(17)18-4-2/h5-7H,3-4,8H2,1-2H3,(H2,14,15,16). The summed E-state index contributed by atoms with van der Waals surface area (Å²) in [6.07, 6.45) is 1.02. The van der Waals surface area contributed by atoms with Crippen LogP contribution in [0.2, 0.25) is 0 Å². The molecule has 0 unspecified atom stereocenters. The minimum absolute atomic E-state index is 0.336. The Bertz CT molecular complexity index is 548. The molecule has 0 aliphatic rings. The van der Waals surface area contributed by atoms with Crippen LogP contribution < -0.4 is 5.32 Å². The van der Waals surface area contributed by atoms with Crippen LogP contribution in [0.25, 0.3) is 11.0 Å². The van der Waals surface area contributed by atoms with Gasteiger partial charge in [-0.05, 0) is 25.5 Å². The molecule has 0 radical (unpaired) electrons. The molecule has 2 aromatic rings. The summed E-state index contributed by atoms with van der Waals surface area (Å²) in [5, 5.41) is 3.16. The summed E-state index contributed by atoms with van der Waals surface area (Å²) in [4.78, 5) is 19.3. The van der Waals surface area contributed by atoms with Crippen molar-refractivity contribution in [3.8, 4) is 0 Å². The van der Waals surface area contributed by atoms with Crippen molar-refractivity contribution in [3.05, 3.63) is 23.8 Å². The van der Waals surface area contributed by atoms with Crippen molar-refractivity contribution in [1.82, 2.24) is 9.97 Å². The van der Waals surface area contributed by atoms with Crippen molar-refractivity contribution in [2.75, 3.05) is 18.5 Å². The Balaban J connectivity index is 2.36. The number of carbonyl (C=O) groups is 1. The summed E-state index contributed by atoms with van der Waals surface area (Å²) in [6, 6.07) is 5.43. The molecule has 1 aromatic heterocycles. The molecule has 1 aromatic carbocycles. The van der Waals surface area contributed by atoms with Crippen LogP contribution >= 0.6 is 0 Å². The Morgan fingerprint density at radius 2 is 2.28 bits per heavy atom. The van der Waals surface area contributed by atoms with Gasteiger partial charge in [0.1, 0.15) is 5.52 Å². The molecule has 0 bridgehead atoms.